The topological polar surface area (TPSA) is 51.9 Å². The highest BCUT2D eigenvalue weighted by Gasteiger charge is 2.17. The van der Waals surface area contributed by atoms with Crippen LogP contribution in [0.2, 0.25) is 0 Å². The van der Waals surface area contributed by atoms with Crippen LogP contribution in [0.4, 0.5) is 5.69 Å². The number of hydrogen-bond donors (Lipinski definition) is 1. The Kier molecular flexibility index (Phi) is 3.74. The van der Waals surface area contributed by atoms with Crippen LogP contribution in [-0.4, -0.2) is 51.2 Å². The second kappa shape index (κ2) is 5.30. The minimum absolute atomic E-state index is 0.499. The van der Waals surface area contributed by atoms with E-state index in [9.17, 15) is 0 Å². The van der Waals surface area contributed by atoms with Gasteiger partial charge in [0.2, 0.25) is 0 Å². The molecule has 0 bridgehead atoms. The maximum absolute atomic E-state index is 8.05. The van der Waals surface area contributed by atoms with E-state index in [0.717, 1.165) is 28.9 Å². The van der Waals surface area contributed by atoms with E-state index in [1.165, 1.54) is 0 Å². The van der Waals surface area contributed by atoms with Crippen molar-refractivity contribution in [2.45, 2.75) is 6.42 Å². The van der Waals surface area contributed by atoms with E-state index in [4.69, 9.17) is 10.2 Å². The van der Waals surface area contributed by atoms with Gasteiger partial charge in [-0.1, -0.05) is 17.3 Å². The zero-order valence-electron chi connectivity index (χ0n) is 11.9. The van der Waals surface area contributed by atoms with Gasteiger partial charge >= 0.3 is 0 Å². The maximum atomic E-state index is 8.05. The van der Waals surface area contributed by atoms with Crippen molar-refractivity contribution in [3.05, 3.63) is 29.3 Å². The lowest BCUT2D eigenvalue weighted by Gasteiger charge is -2.20. The summed E-state index contributed by atoms with van der Waals surface area (Å²) in [5, 5.41) is 12.1. The van der Waals surface area contributed by atoms with E-state index in [-0.39, 0.29) is 0 Å². The average Bonchev–Trinajstić information content (AvgIpc) is 2.90. The van der Waals surface area contributed by atoms with Crippen LogP contribution in [0.5, 0.6) is 0 Å². The molecule has 0 saturated carbocycles. The number of nitrogens with zero attached hydrogens (tertiary/aromatic N) is 3. The van der Waals surface area contributed by atoms with Crippen molar-refractivity contribution < 1.29 is 4.84 Å². The van der Waals surface area contributed by atoms with Gasteiger partial charge in [0.15, 0.2) is 0 Å². The van der Waals surface area contributed by atoms with Crippen LogP contribution in [-0.2, 0) is 4.84 Å². The summed E-state index contributed by atoms with van der Waals surface area (Å²) in [7, 11) is 7.75. The lowest BCUT2D eigenvalue weighted by atomic mass is 10.0. The smallest absolute Gasteiger partial charge is 0.127 e. The molecule has 102 valence electrons. The normalized spacial score (nSPS) is 13.8. The van der Waals surface area contributed by atoms with Crippen LogP contribution >= 0.6 is 0 Å². The van der Waals surface area contributed by atoms with Gasteiger partial charge < -0.3 is 14.6 Å². The molecular weight excluding hydrogens is 240 g/mol. The van der Waals surface area contributed by atoms with Crippen molar-refractivity contribution in [2.24, 2.45) is 5.16 Å². The van der Waals surface area contributed by atoms with Gasteiger partial charge in [0.25, 0.3) is 0 Å². The first-order valence-corrected chi connectivity index (χ1v) is 6.27. The van der Waals surface area contributed by atoms with E-state index in [0.29, 0.717) is 12.4 Å². The molecule has 0 saturated heterocycles. The molecule has 5 nitrogen and oxygen atoms in total. The van der Waals surface area contributed by atoms with Crippen molar-refractivity contribution >= 4 is 17.2 Å². The summed E-state index contributed by atoms with van der Waals surface area (Å²) in [5.74, 6) is 0.499. The fourth-order valence-corrected chi connectivity index (χ4v) is 2.05. The summed E-state index contributed by atoms with van der Waals surface area (Å²) in [5.41, 5.74) is 4.02. The monoisotopic (exact) mass is 260 g/mol. The second-order valence-corrected chi connectivity index (χ2v) is 4.99. The van der Waals surface area contributed by atoms with Gasteiger partial charge in [-0.05, 0) is 6.07 Å². The highest BCUT2D eigenvalue weighted by molar-refractivity contribution is 6.07. The minimum atomic E-state index is 0.499. The van der Waals surface area contributed by atoms with E-state index in [1.807, 2.05) is 51.3 Å². The summed E-state index contributed by atoms with van der Waals surface area (Å²) in [4.78, 5) is 8.92. The SMILES string of the molecule is CN(C)C(=N)c1ccc(C2=NOCC2)c(N(C)C)c1. The zero-order valence-corrected chi connectivity index (χ0v) is 11.9. The third-order valence-corrected chi connectivity index (χ3v) is 3.12. The molecule has 0 amide bonds. The van der Waals surface area contributed by atoms with Gasteiger partial charge in [-0.25, -0.2) is 0 Å². The summed E-state index contributed by atoms with van der Waals surface area (Å²) in [6, 6.07) is 6.01. The van der Waals surface area contributed by atoms with Gasteiger partial charge in [-0.3, -0.25) is 5.41 Å². The average molecular weight is 260 g/mol. The molecule has 2 rings (SSSR count). The number of benzene rings is 1. The Morgan fingerprint density at radius 1 is 1.26 bits per heavy atom. The highest BCUT2D eigenvalue weighted by Crippen LogP contribution is 2.24. The van der Waals surface area contributed by atoms with Crippen molar-refractivity contribution in [2.75, 3.05) is 39.7 Å². The van der Waals surface area contributed by atoms with Crippen LogP contribution in [0.25, 0.3) is 0 Å². The number of hydrogen-bond acceptors (Lipinski definition) is 4. The van der Waals surface area contributed by atoms with Crippen molar-refractivity contribution in [3.8, 4) is 0 Å². The molecule has 0 atom stereocenters. The van der Waals surface area contributed by atoms with Crippen LogP contribution < -0.4 is 4.90 Å². The lowest BCUT2D eigenvalue weighted by Crippen LogP contribution is -2.23. The molecule has 1 N–H and O–H groups in total. The van der Waals surface area contributed by atoms with Crippen LogP contribution in [0, 0.1) is 5.41 Å². The molecule has 1 heterocycles. The molecule has 0 fully saturated rings. The molecule has 1 aliphatic rings. The Hall–Kier alpha value is -2.04. The van der Waals surface area contributed by atoms with Crippen molar-refractivity contribution in [1.82, 2.24) is 4.90 Å². The molecule has 0 unspecified atom stereocenters. The van der Waals surface area contributed by atoms with E-state index in [2.05, 4.69) is 5.16 Å². The maximum Gasteiger partial charge on any atom is 0.127 e. The number of anilines is 1. The molecule has 0 aromatic heterocycles. The standard InChI is InChI=1S/C14H20N4O/c1-17(2)13-9-10(14(15)18(3)4)5-6-11(13)12-7-8-19-16-12/h5-6,9,15H,7-8H2,1-4H3. The fraction of sp³-hybridized carbons (Fsp3) is 0.429. The minimum Gasteiger partial charge on any atom is -0.395 e. The first-order chi connectivity index (χ1) is 9.00. The number of rotatable bonds is 3. The Morgan fingerprint density at radius 3 is 2.53 bits per heavy atom. The summed E-state index contributed by atoms with van der Waals surface area (Å²) in [6.07, 6.45) is 0.839. The largest absolute Gasteiger partial charge is 0.395 e. The predicted molar refractivity (Wildman–Crippen MR) is 78.4 cm³/mol. The molecule has 1 aliphatic heterocycles. The van der Waals surface area contributed by atoms with Crippen LogP contribution in [0.15, 0.2) is 23.4 Å². The highest BCUT2D eigenvalue weighted by atomic mass is 16.6. The van der Waals surface area contributed by atoms with Crippen molar-refractivity contribution in [3.63, 3.8) is 0 Å². The summed E-state index contributed by atoms with van der Waals surface area (Å²) < 4.78 is 0. The van der Waals surface area contributed by atoms with Gasteiger partial charge in [0, 0.05) is 51.4 Å². The number of nitrogens with one attached hydrogen (secondary N) is 1. The predicted octanol–water partition coefficient (Wildman–Crippen LogP) is 1.76. The van der Waals surface area contributed by atoms with Gasteiger partial charge in [0.1, 0.15) is 12.4 Å². The van der Waals surface area contributed by atoms with Gasteiger partial charge in [0.05, 0.1) is 5.71 Å². The lowest BCUT2D eigenvalue weighted by molar-refractivity contribution is 0.174. The molecule has 1 aromatic rings. The summed E-state index contributed by atoms with van der Waals surface area (Å²) >= 11 is 0. The Morgan fingerprint density at radius 2 is 2.00 bits per heavy atom. The number of oxime groups is 1. The number of amidine groups is 1. The van der Waals surface area contributed by atoms with Crippen LogP contribution in [0.1, 0.15) is 17.5 Å². The van der Waals surface area contributed by atoms with E-state index >= 15 is 0 Å². The van der Waals surface area contributed by atoms with Crippen molar-refractivity contribution in [1.29, 1.82) is 5.41 Å². The second-order valence-electron chi connectivity index (χ2n) is 4.99. The Labute approximate surface area is 114 Å². The molecule has 0 radical (unpaired) electrons. The molecule has 0 aliphatic carbocycles. The zero-order chi connectivity index (χ0) is 14.0. The fourth-order valence-electron chi connectivity index (χ4n) is 2.05. The van der Waals surface area contributed by atoms with E-state index in [1.54, 1.807) is 4.90 Å². The molecule has 5 heteroatoms. The molecule has 0 spiro atoms. The Balaban J connectivity index is 2.44. The third-order valence-electron chi connectivity index (χ3n) is 3.12. The molecule has 19 heavy (non-hydrogen) atoms. The summed E-state index contributed by atoms with van der Waals surface area (Å²) in [6.45, 7) is 0.650. The molecule has 1 aromatic carbocycles. The quantitative estimate of drug-likeness (QED) is 0.665. The van der Waals surface area contributed by atoms with Gasteiger partial charge in [-0.2, -0.15) is 0 Å². The molecular formula is C14H20N4O. The third kappa shape index (κ3) is 2.70. The first-order valence-electron chi connectivity index (χ1n) is 6.27. The Bertz CT molecular complexity index is 520. The first kappa shape index (κ1) is 13.4. The van der Waals surface area contributed by atoms with Gasteiger partial charge in [-0.15, -0.1) is 0 Å². The van der Waals surface area contributed by atoms with E-state index < -0.39 is 0 Å². The van der Waals surface area contributed by atoms with Crippen LogP contribution in [0.3, 0.4) is 0 Å².